The van der Waals surface area contributed by atoms with Gasteiger partial charge in [0.2, 0.25) is 0 Å². The molecule has 0 fully saturated rings. The summed E-state index contributed by atoms with van der Waals surface area (Å²) >= 11 is 0. The Labute approximate surface area is 165 Å². The van der Waals surface area contributed by atoms with E-state index in [-0.39, 0.29) is 6.04 Å². The Hall–Kier alpha value is -1.90. The van der Waals surface area contributed by atoms with Gasteiger partial charge in [-0.1, -0.05) is 0 Å². The Morgan fingerprint density at radius 3 is 2.32 bits per heavy atom. The van der Waals surface area contributed by atoms with Gasteiger partial charge in [0.15, 0.2) is 11.5 Å². The van der Waals surface area contributed by atoms with E-state index in [1.165, 1.54) is 0 Å². The predicted octanol–water partition coefficient (Wildman–Crippen LogP) is 2.48. The second kappa shape index (κ2) is 10.6. The number of aromatic nitrogens is 1. The molecule has 1 heterocycles. The molecule has 0 radical (unpaired) electrons. The molecule has 6 N–H and O–H groups in total. The smallest absolute Gasteiger partial charge is 0.466 e. The van der Waals surface area contributed by atoms with Crippen molar-refractivity contribution in [2.75, 3.05) is 26.1 Å². The molecule has 0 saturated heterocycles. The zero-order chi connectivity index (χ0) is 21.5. The van der Waals surface area contributed by atoms with Crippen LogP contribution in [0, 0.1) is 13.8 Å². The predicted molar refractivity (Wildman–Crippen MR) is 110 cm³/mol. The van der Waals surface area contributed by atoms with Crippen LogP contribution < -0.4 is 20.5 Å². The van der Waals surface area contributed by atoms with Crippen LogP contribution in [-0.4, -0.2) is 46.5 Å². The fourth-order valence-corrected chi connectivity index (χ4v) is 2.84. The molecule has 2 rings (SSSR count). The number of aryl methyl sites for hydroxylation is 2. The Morgan fingerprint density at radius 2 is 1.82 bits per heavy atom. The largest absolute Gasteiger partial charge is 0.493 e. The van der Waals surface area contributed by atoms with Gasteiger partial charge in [-0.15, -0.1) is 0 Å². The van der Waals surface area contributed by atoms with E-state index >= 15 is 0 Å². The van der Waals surface area contributed by atoms with E-state index in [9.17, 15) is 0 Å². The summed E-state index contributed by atoms with van der Waals surface area (Å²) in [6.45, 7) is 6.95. The second-order valence-electron chi connectivity index (χ2n) is 6.52. The Bertz CT molecular complexity index is 830. The fraction of sp³-hybridized carbons (Fsp3) is 0.500. The number of nitrogens with zero attached hydrogens (tertiary/aromatic N) is 1. The number of benzene rings is 1. The third-order valence-corrected chi connectivity index (χ3v) is 3.90. The van der Waals surface area contributed by atoms with Crippen LogP contribution in [0.25, 0.3) is 10.9 Å². The molecular formula is C18H30N3O6P. The van der Waals surface area contributed by atoms with Crippen molar-refractivity contribution >= 4 is 24.4 Å². The number of anilines is 1. The molecule has 0 amide bonds. The maximum absolute atomic E-state index is 8.88. The van der Waals surface area contributed by atoms with Crippen molar-refractivity contribution in [2.24, 2.45) is 5.73 Å². The first-order chi connectivity index (χ1) is 13.0. The van der Waals surface area contributed by atoms with Crippen LogP contribution in [-0.2, 0) is 4.57 Å². The summed E-state index contributed by atoms with van der Waals surface area (Å²) in [5, 5.41) is 4.46. The summed E-state index contributed by atoms with van der Waals surface area (Å²) < 4.78 is 20.0. The van der Waals surface area contributed by atoms with Gasteiger partial charge in [-0.25, -0.2) is 4.57 Å². The van der Waals surface area contributed by atoms with Crippen molar-refractivity contribution < 1.29 is 28.7 Å². The number of rotatable bonds is 7. The number of phosphoric acid groups is 1. The zero-order valence-electron chi connectivity index (χ0n) is 16.9. The van der Waals surface area contributed by atoms with Crippen LogP contribution in [0.2, 0.25) is 0 Å². The second-order valence-corrected chi connectivity index (χ2v) is 7.55. The minimum Gasteiger partial charge on any atom is -0.493 e. The average molecular weight is 415 g/mol. The SMILES string of the molecule is COc1cc(NCCCC(C)N)c2nc(C)cc(C)c2c1OC.O=P(O)(O)O. The van der Waals surface area contributed by atoms with E-state index in [4.69, 9.17) is 39.4 Å². The number of ether oxygens (including phenoxy) is 2. The van der Waals surface area contributed by atoms with E-state index in [1.54, 1.807) is 14.2 Å². The van der Waals surface area contributed by atoms with Crippen molar-refractivity contribution in [1.29, 1.82) is 0 Å². The molecule has 0 bridgehead atoms. The summed E-state index contributed by atoms with van der Waals surface area (Å²) in [6.07, 6.45) is 2.00. The van der Waals surface area contributed by atoms with Crippen LogP contribution in [0.1, 0.15) is 31.0 Å². The minimum absolute atomic E-state index is 0.224. The molecule has 0 aliphatic rings. The lowest BCUT2D eigenvalue weighted by Gasteiger charge is -2.17. The van der Waals surface area contributed by atoms with E-state index in [0.29, 0.717) is 5.75 Å². The molecule has 0 aliphatic carbocycles. The summed E-state index contributed by atoms with van der Waals surface area (Å²) in [7, 11) is -1.33. The number of pyridine rings is 1. The van der Waals surface area contributed by atoms with Gasteiger partial charge in [-0.2, -0.15) is 0 Å². The van der Waals surface area contributed by atoms with Gasteiger partial charge in [0.1, 0.15) is 0 Å². The highest BCUT2D eigenvalue weighted by atomic mass is 31.2. The molecule has 1 atom stereocenters. The fourth-order valence-electron chi connectivity index (χ4n) is 2.84. The quantitative estimate of drug-likeness (QED) is 0.340. The summed E-state index contributed by atoms with van der Waals surface area (Å²) in [5.74, 6) is 1.44. The maximum Gasteiger partial charge on any atom is 0.466 e. The number of nitrogens with two attached hydrogens (primary N) is 1. The number of hydrogen-bond acceptors (Lipinski definition) is 6. The topological polar surface area (TPSA) is 147 Å². The molecule has 1 aromatic heterocycles. The summed E-state index contributed by atoms with van der Waals surface area (Å²) in [4.78, 5) is 26.3. The molecule has 10 heteroatoms. The highest BCUT2D eigenvalue weighted by Gasteiger charge is 2.17. The van der Waals surface area contributed by atoms with Gasteiger partial charge < -0.3 is 35.2 Å². The maximum atomic E-state index is 8.88. The minimum atomic E-state index is -4.64. The lowest BCUT2D eigenvalue weighted by atomic mass is 10.1. The molecule has 0 spiro atoms. The molecular weight excluding hydrogens is 385 g/mol. The third-order valence-electron chi connectivity index (χ3n) is 3.90. The molecule has 158 valence electrons. The van der Waals surface area contributed by atoms with Crippen LogP contribution >= 0.6 is 7.82 Å². The first-order valence-electron chi connectivity index (χ1n) is 8.78. The highest BCUT2D eigenvalue weighted by Crippen LogP contribution is 2.41. The van der Waals surface area contributed by atoms with Crippen molar-refractivity contribution in [3.8, 4) is 11.5 Å². The van der Waals surface area contributed by atoms with E-state index in [2.05, 4.69) is 18.3 Å². The van der Waals surface area contributed by atoms with Crippen molar-refractivity contribution in [3.05, 3.63) is 23.4 Å². The third kappa shape index (κ3) is 7.61. The molecule has 1 aromatic carbocycles. The van der Waals surface area contributed by atoms with Crippen molar-refractivity contribution in [1.82, 2.24) is 4.98 Å². The monoisotopic (exact) mass is 415 g/mol. The Balaban J connectivity index is 0.000000696. The zero-order valence-corrected chi connectivity index (χ0v) is 17.8. The highest BCUT2D eigenvalue weighted by molar-refractivity contribution is 7.45. The van der Waals surface area contributed by atoms with Gasteiger partial charge >= 0.3 is 7.82 Å². The number of methoxy groups -OCH3 is 2. The molecule has 0 saturated carbocycles. The Kier molecular flexibility index (Phi) is 9.13. The summed E-state index contributed by atoms with van der Waals surface area (Å²) in [6, 6.07) is 4.24. The average Bonchev–Trinajstić information content (AvgIpc) is 2.56. The molecule has 0 aliphatic heterocycles. The van der Waals surface area contributed by atoms with Gasteiger partial charge in [0, 0.05) is 24.3 Å². The first kappa shape index (κ1) is 24.1. The van der Waals surface area contributed by atoms with Crippen LogP contribution in [0.5, 0.6) is 11.5 Å². The lowest BCUT2D eigenvalue weighted by molar-refractivity contribution is 0.275. The van der Waals surface area contributed by atoms with Crippen molar-refractivity contribution in [2.45, 2.75) is 39.7 Å². The van der Waals surface area contributed by atoms with Gasteiger partial charge in [0.25, 0.3) is 0 Å². The molecule has 9 nitrogen and oxygen atoms in total. The van der Waals surface area contributed by atoms with E-state index < -0.39 is 7.82 Å². The number of hydrogen-bond donors (Lipinski definition) is 5. The normalized spacial score (nSPS) is 12.2. The first-order valence-corrected chi connectivity index (χ1v) is 10.3. The molecule has 1 unspecified atom stereocenters. The summed E-state index contributed by atoms with van der Waals surface area (Å²) in [5.41, 5.74) is 9.81. The van der Waals surface area contributed by atoms with E-state index in [0.717, 1.165) is 53.0 Å². The van der Waals surface area contributed by atoms with E-state index in [1.807, 2.05) is 19.9 Å². The lowest BCUT2D eigenvalue weighted by Crippen LogP contribution is -2.16. The van der Waals surface area contributed by atoms with Gasteiger partial charge in [0.05, 0.1) is 30.8 Å². The van der Waals surface area contributed by atoms with Crippen LogP contribution in [0.3, 0.4) is 0 Å². The standard InChI is InChI=1S/C18H27N3O2.H3O4P/c1-11-9-13(3)21-17-14(20-8-6-7-12(2)19)10-15(22-4)18(23-5)16(11)17;1-5(2,3)4/h9-10,12,20H,6-8,19H2,1-5H3;(H3,1,2,3,4). The Morgan fingerprint density at radius 1 is 1.21 bits per heavy atom. The van der Waals surface area contributed by atoms with Gasteiger partial charge in [-0.3, -0.25) is 4.98 Å². The van der Waals surface area contributed by atoms with Crippen molar-refractivity contribution in [3.63, 3.8) is 0 Å². The molecule has 28 heavy (non-hydrogen) atoms. The number of nitrogens with one attached hydrogen (secondary N) is 1. The van der Waals surface area contributed by atoms with Gasteiger partial charge in [-0.05, 0) is 45.2 Å². The van der Waals surface area contributed by atoms with Crippen LogP contribution in [0.15, 0.2) is 12.1 Å². The molecule has 2 aromatic rings. The number of fused-ring (bicyclic) bond motifs is 1. The van der Waals surface area contributed by atoms with Crippen LogP contribution in [0.4, 0.5) is 5.69 Å².